The van der Waals surface area contributed by atoms with Gasteiger partial charge in [-0.15, -0.1) is 0 Å². The molecule has 0 aromatic carbocycles. The molecule has 1 aliphatic heterocycles. The van der Waals surface area contributed by atoms with Crippen LogP contribution >= 0.6 is 0 Å². The maximum atomic E-state index is 12.2. The van der Waals surface area contributed by atoms with Crippen LogP contribution in [0.2, 0.25) is 0 Å². The molecule has 3 N–H and O–H groups in total. The van der Waals surface area contributed by atoms with Crippen molar-refractivity contribution in [1.82, 2.24) is 19.5 Å². The maximum absolute atomic E-state index is 12.2. The molecule has 1 aliphatic rings. The molecular weight excluding hydrogens is 324 g/mol. The number of aliphatic hydroxyl groups is 1. The SMILES string of the molecule is NS(=O)(=O)CC1CC(=O)N(c2ncnc3c2ncn3CCO)C1. The van der Waals surface area contributed by atoms with Gasteiger partial charge >= 0.3 is 0 Å². The van der Waals surface area contributed by atoms with Gasteiger partial charge in [-0.05, 0) is 0 Å². The molecule has 11 heteroatoms. The number of nitrogens with two attached hydrogens (primary N) is 1. The summed E-state index contributed by atoms with van der Waals surface area (Å²) in [5, 5.41) is 14.1. The molecule has 0 bridgehead atoms. The summed E-state index contributed by atoms with van der Waals surface area (Å²) in [6.45, 7) is 0.479. The first-order valence-corrected chi connectivity index (χ1v) is 8.68. The molecule has 2 aromatic rings. The average molecular weight is 340 g/mol. The standard InChI is InChI=1S/C12H16N6O4S/c13-23(21,22)5-8-3-9(20)18(4-8)12-10-11(14-6-15-12)17(1-2-19)7-16-10/h6-8,19H,1-5H2,(H2,13,21,22). The van der Waals surface area contributed by atoms with Crippen molar-refractivity contribution in [2.45, 2.75) is 13.0 Å². The number of hydrogen-bond acceptors (Lipinski definition) is 7. The third-order valence-electron chi connectivity index (χ3n) is 3.65. The molecule has 3 rings (SSSR count). The molecule has 2 aromatic heterocycles. The number of carbonyl (C=O) groups excluding carboxylic acids is 1. The minimum absolute atomic E-state index is 0.0656. The second kappa shape index (κ2) is 5.83. The highest BCUT2D eigenvalue weighted by atomic mass is 32.2. The summed E-state index contributed by atoms with van der Waals surface area (Å²) in [5.74, 6) is -0.506. The first-order chi connectivity index (χ1) is 10.9. The van der Waals surface area contributed by atoms with Crippen LogP contribution in [0, 0.1) is 5.92 Å². The van der Waals surface area contributed by atoms with Gasteiger partial charge in [0.05, 0.1) is 18.7 Å². The van der Waals surface area contributed by atoms with Crippen LogP contribution in [-0.4, -0.2) is 57.9 Å². The Hall–Kier alpha value is -2.11. The van der Waals surface area contributed by atoms with E-state index in [0.29, 0.717) is 23.5 Å². The Labute approximate surface area is 132 Å². The molecule has 0 aliphatic carbocycles. The molecule has 23 heavy (non-hydrogen) atoms. The van der Waals surface area contributed by atoms with Gasteiger partial charge in [-0.2, -0.15) is 0 Å². The highest BCUT2D eigenvalue weighted by Crippen LogP contribution is 2.28. The minimum Gasteiger partial charge on any atom is -0.395 e. The van der Waals surface area contributed by atoms with Gasteiger partial charge in [0.15, 0.2) is 17.0 Å². The number of amides is 1. The lowest BCUT2D eigenvalue weighted by atomic mass is 10.1. The zero-order valence-electron chi connectivity index (χ0n) is 12.2. The highest BCUT2D eigenvalue weighted by molar-refractivity contribution is 7.89. The third-order valence-corrected chi connectivity index (χ3v) is 4.59. The van der Waals surface area contributed by atoms with Crippen LogP contribution < -0.4 is 10.0 Å². The smallest absolute Gasteiger partial charge is 0.228 e. The normalized spacial score (nSPS) is 19.0. The lowest BCUT2D eigenvalue weighted by Crippen LogP contribution is -2.28. The number of anilines is 1. The fourth-order valence-corrected chi connectivity index (χ4v) is 3.64. The number of imidazole rings is 1. The van der Waals surface area contributed by atoms with E-state index in [-0.39, 0.29) is 37.2 Å². The molecule has 10 nitrogen and oxygen atoms in total. The van der Waals surface area contributed by atoms with Gasteiger partial charge in [-0.1, -0.05) is 0 Å². The van der Waals surface area contributed by atoms with Crippen LogP contribution in [0.1, 0.15) is 6.42 Å². The number of hydrogen-bond donors (Lipinski definition) is 2. The number of fused-ring (bicyclic) bond motifs is 1. The maximum Gasteiger partial charge on any atom is 0.228 e. The summed E-state index contributed by atoms with van der Waals surface area (Å²) in [6.07, 6.45) is 2.92. The number of sulfonamides is 1. The van der Waals surface area contributed by atoms with Crippen molar-refractivity contribution < 1.29 is 18.3 Å². The molecule has 124 valence electrons. The number of primary sulfonamides is 1. The number of aliphatic hydroxyl groups excluding tert-OH is 1. The van der Waals surface area contributed by atoms with Gasteiger partial charge in [0.25, 0.3) is 0 Å². The monoisotopic (exact) mass is 340 g/mol. The largest absolute Gasteiger partial charge is 0.395 e. The molecule has 1 atom stereocenters. The quantitative estimate of drug-likeness (QED) is 0.671. The van der Waals surface area contributed by atoms with Gasteiger partial charge in [0, 0.05) is 25.4 Å². The predicted octanol–water partition coefficient (Wildman–Crippen LogP) is -1.54. The van der Waals surface area contributed by atoms with Gasteiger partial charge < -0.3 is 9.67 Å². The molecule has 0 radical (unpaired) electrons. The van der Waals surface area contributed by atoms with E-state index in [1.165, 1.54) is 17.6 Å². The molecule has 3 heterocycles. The van der Waals surface area contributed by atoms with Crippen molar-refractivity contribution in [2.24, 2.45) is 11.1 Å². The van der Waals surface area contributed by atoms with Crippen molar-refractivity contribution in [1.29, 1.82) is 0 Å². The zero-order chi connectivity index (χ0) is 16.6. The Morgan fingerprint density at radius 2 is 2.13 bits per heavy atom. The predicted molar refractivity (Wildman–Crippen MR) is 80.8 cm³/mol. The summed E-state index contributed by atoms with van der Waals surface area (Å²) in [5.41, 5.74) is 0.942. The van der Waals surface area contributed by atoms with Gasteiger partial charge in [0.2, 0.25) is 15.9 Å². The van der Waals surface area contributed by atoms with Crippen LogP contribution in [0.5, 0.6) is 0 Å². The van der Waals surface area contributed by atoms with Crippen LogP contribution in [0.4, 0.5) is 5.82 Å². The summed E-state index contributed by atoms with van der Waals surface area (Å²) >= 11 is 0. The first-order valence-electron chi connectivity index (χ1n) is 6.96. The number of nitrogens with zero attached hydrogens (tertiary/aromatic N) is 5. The van der Waals surface area contributed by atoms with Crippen molar-refractivity contribution in [3.05, 3.63) is 12.7 Å². The van der Waals surface area contributed by atoms with E-state index in [2.05, 4.69) is 15.0 Å². The Balaban J connectivity index is 1.93. The van der Waals surface area contributed by atoms with Crippen LogP contribution in [0.15, 0.2) is 12.7 Å². The van der Waals surface area contributed by atoms with Gasteiger partial charge in [0.1, 0.15) is 6.33 Å². The Bertz CT molecular complexity index is 848. The molecule has 1 unspecified atom stereocenters. The number of carbonyl (C=O) groups is 1. The van der Waals surface area contributed by atoms with Crippen LogP contribution in [-0.2, 0) is 21.4 Å². The van der Waals surface area contributed by atoms with E-state index < -0.39 is 10.0 Å². The van der Waals surface area contributed by atoms with Crippen LogP contribution in [0.3, 0.4) is 0 Å². The van der Waals surface area contributed by atoms with E-state index in [1.54, 1.807) is 4.57 Å². The van der Waals surface area contributed by atoms with Crippen molar-refractivity contribution in [3.8, 4) is 0 Å². The van der Waals surface area contributed by atoms with Gasteiger partial charge in [-0.25, -0.2) is 28.5 Å². The van der Waals surface area contributed by atoms with Crippen molar-refractivity contribution >= 4 is 32.9 Å². The van der Waals surface area contributed by atoms with E-state index >= 15 is 0 Å². The van der Waals surface area contributed by atoms with Gasteiger partial charge in [-0.3, -0.25) is 9.69 Å². The summed E-state index contributed by atoms with van der Waals surface area (Å²) in [4.78, 5) is 26.1. The van der Waals surface area contributed by atoms with E-state index in [0.717, 1.165) is 0 Å². The number of aromatic nitrogens is 4. The topological polar surface area (TPSA) is 144 Å². The first kappa shape index (κ1) is 15.8. The Kier molecular flexibility index (Phi) is 4.00. The molecular formula is C12H16N6O4S. The highest BCUT2D eigenvalue weighted by Gasteiger charge is 2.34. The lowest BCUT2D eigenvalue weighted by Gasteiger charge is -2.15. The van der Waals surface area contributed by atoms with E-state index in [4.69, 9.17) is 10.2 Å². The number of rotatable bonds is 5. The second-order valence-corrected chi connectivity index (χ2v) is 7.09. The Morgan fingerprint density at radius 1 is 1.35 bits per heavy atom. The molecule has 0 spiro atoms. The molecule has 0 saturated carbocycles. The molecule has 1 amide bonds. The second-order valence-electron chi connectivity index (χ2n) is 5.44. The van der Waals surface area contributed by atoms with Crippen molar-refractivity contribution in [2.75, 3.05) is 23.8 Å². The summed E-state index contributed by atoms with van der Waals surface area (Å²) in [7, 11) is -3.64. The molecule has 1 fully saturated rings. The summed E-state index contributed by atoms with van der Waals surface area (Å²) < 4.78 is 24.1. The van der Waals surface area contributed by atoms with Crippen molar-refractivity contribution in [3.63, 3.8) is 0 Å². The minimum atomic E-state index is -3.64. The Morgan fingerprint density at radius 3 is 2.83 bits per heavy atom. The zero-order valence-corrected chi connectivity index (χ0v) is 13.0. The summed E-state index contributed by atoms with van der Waals surface area (Å²) in [6, 6.07) is 0. The van der Waals surface area contributed by atoms with E-state index in [1.807, 2.05) is 0 Å². The molecule has 1 saturated heterocycles. The van der Waals surface area contributed by atoms with E-state index in [9.17, 15) is 13.2 Å². The third kappa shape index (κ3) is 3.16. The fraction of sp³-hybridized carbons (Fsp3) is 0.500. The average Bonchev–Trinajstić information content (AvgIpc) is 3.01. The van der Waals surface area contributed by atoms with Crippen LogP contribution in [0.25, 0.3) is 11.2 Å². The lowest BCUT2D eigenvalue weighted by molar-refractivity contribution is -0.117. The fourth-order valence-electron chi connectivity index (χ4n) is 2.76.